The number of fused-ring (bicyclic) bond motifs is 1. The van der Waals surface area contributed by atoms with E-state index in [1.807, 2.05) is 0 Å². The van der Waals surface area contributed by atoms with Crippen molar-refractivity contribution in [2.45, 2.75) is 63.6 Å². The van der Waals surface area contributed by atoms with Crippen molar-refractivity contribution in [1.29, 1.82) is 0 Å². The maximum absolute atomic E-state index is 13.0. The van der Waals surface area contributed by atoms with Gasteiger partial charge in [-0.05, 0) is 45.1 Å². The summed E-state index contributed by atoms with van der Waals surface area (Å²) in [6.07, 6.45) is -1.10. The van der Waals surface area contributed by atoms with Gasteiger partial charge < -0.3 is 9.84 Å². The standard InChI is InChI=1S/C18H20F3N3O2/c1-9-15-13(8-14(10-5-6-10)23-17(15)26-24-9)16(25)22-12-4-2-3-11(7-12)18(19,20)21/h8,10-12H,2-7H2,1H3,(H,22,25). The minimum atomic E-state index is -4.21. The molecule has 2 fully saturated rings. The fourth-order valence-electron chi connectivity index (χ4n) is 3.76. The van der Waals surface area contributed by atoms with Gasteiger partial charge in [0.1, 0.15) is 0 Å². The summed E-state index contributed by atoms with van der Waals surface area (Å²) in [5.74, 6) is -1.41. The molecule has 1 amide bonds. The minimum Gasteiger partial charge on any atom is -0.349 e. The van der Waals surface area contributed by atoms with Crippen LogP contribution in [0.2, 0.25) is 0 Å². The van der Waals surface area contributed by atoms with E-state index in [0.29, 0.717) is 41.1 Å². The monoisotopic (exact) mass is 367 g/mol. The van der Waals surface area contributed by atoms with Crippen LogP contribution in [0.5, 0.6) is 0 Å². The molecule has 2 aromatic heterocycles. The second kappa shape index (κ2) is 6.25. The molecule has 0 aromatic carbocycles. The van der Waals surface area contributed by atoms with Gasteiger partial charge >= 0.3 is 6.18 Å². The molecule has 2 aliphatic rings. The van der Waals surface area contributed by atoms with Crippen LogP contribution in [0.15, 0.2) is 10.6 Å². The van der Waals surface area contributed by atoms with Gasteiger partial charge in [0.25, 0.3) is 11.6 Å². The number of carbonyl (C=O) groups is 1. The lowest BCUT2D eigenvalue weighted by Gasteiger charge is -2.31. The number of pyridine rings is 1. The topological polar surface area (TPSA) is 68.0 Å². The molecule has 0 bridgehead atoms. The summed E-state index contributed by atoms with van der Waals surface area (Å²) in [5, 5.41) is 7.22. The number of amides is 1. The number of hydrogen-bond donors (Lipinski definition) is 1. The van der Waals surface area contributed by atoms with Crippen molar-refractivity contribution in [3.63, 3.8) is 0 Å². The highest BCUT2D eigenvalue weighted by Crippen LogP contribution is 2.41. The summed E-state index contributed by atoms with van der Waals surface area (Å²) in [4.78, 5) is 17.3. The number of aromatic nitrogens is 2. The van der Waals surface area contributed by atoms with E-state index >= 15 is 0 Å². The van der Waals surface area contributed by atoms with Crippen LogP contribution in [0.1, 0.15) is 66.2 Å². The Morgan fingerprint density at radius 1 is 1.27 bits per heavy atom. The van der Waals surface area contributed by atoms with E-state index in [0.717, 1.165) is 18.5 Å². The lowest BCUT2D eigenvalue weighted by molar-refractivity contribution is -0.183. The highest BCUT2D eigenvalue weighted by atomic mass is 19.4. The molecule has 2 heterocycles. The Bertz CT molecular complexity index is 842. The zero-order valence-corrected chi connectivity index (χ0v) is 14.4. The lowest BCUT2D eigenvalue weighted by atomic mass is 9.85. The van der Waals surface area contributed by atoms with Gasteiger partial charge in [-0.15, -0.1) is 0 Å². The van der Waals surface area contributed by atoms with Gasteiger partial charge in [-0.2, -0.15) is 13.2 Å². The Morgan fingerprint density at radius 3 is 2.73 bits per heavy atom. The number of hydrogen-bond acceptors (Lipinski definition) is 4. The average molecular weight is 367 g/mol. The van der Waals surface area contributed by atoms with Gasteiger partial charge in [-0.3, -0.25) is 4.79 Å². The van der Waals surface area contributed by atoms with Crippen LogP contribution in [-0.2, 0) is 0 Å². The van der Waals surface area contributed by atoms with Crippen LogP contribution < -0.4 is 5.32 Å². The summed E-state index contributed by atoms with van der Waals surface area (Å²) in [6, 6.07) is 1.26. The van der Waals surface area contributed by atoms with Gasteiger partial charge in [-0.25, -0.2) is 4.98 Å². The highest BCUT2D eigenvalue weighted by Gasteiger charge is 2.42. The maximum atomic E-state index is 13.0. The SMILES string of the molecule is Cc1noc2nc(C3CC3)cc(C(=O)NC3CCCC(C(F)(F)F)C3)c12. The predicted molar refractivity (Wildman–Crippen MR) is 87.8 cm³/mol. The van der Waals surface area contributed by atoms with Crippen LogP contribution in [0.25, 0.3) is 11.1 Å². The largest absolute Gasteiger partial charge is 0.391 e. The Hall–Kier alpha value is -2.12. The van der Waals surface area contributed by atoms with Crippen molar-refractivity contribution in [1.82, 2.24) is 15.5 Å². The average Bonchev–Trinajstić information content (AvgIpc) is 3.38. The van der Waals surface area contributed by atoms with Gasteiger partial charge in [0.15, 0.2) is 0 Å². The Kier molecular flexibility index (Phi) is 4.16. The number of halogens is 3. The van der Waals surface area contributed by atoms with Crippen LogP contribution in [-0.4, -0.2) is 28.3 Å². The normalized spacial score (nSPS) is 24.0. The first-order chi connectivity index (χ1) is 12.3. The first-order valence-electron chi connectivity index (χ1n) is 8.97. The van der Waals surface area contributed by atoms with Crippen molar-refractivity contribution >= 4 is 17.0 Å². The summed E-state index contributed by atoms with van der Waals surface area (Å²) < 4.78 is 44.2. The van der Waals surface area contributed by atoms with Crippen LogP contribution in [0, 0.1) is 12.8 Å². The molecule has 2 aliphatic carbocycles. The molecule has 140 valence electrons. The van der Waals surface area contributed by atoms with Gasteiger partial charge in [0.05, 0.1) is 22.6 Å². The van der Waals surface area contributed by atoms with E-state index in [2.05, 4.69) is 15.5 Å². The molecule has 0 aliphatic heterocycles. The predicted octanol–water partition coefficient (Wildman–Crippen LogP) is 4.26. The molecule has 2 atom stereocenters. The van der Waals surface area contributed by atoms with Crippen molar-refractivity contribution in [2.75, 3.05) is 0 Å². The minimum absolute atomic E-state index is 0.0679. The van der Waals surface area contributed by atoms with Crippen molar-refractivity contribution < 1.29 is 22.5 Å². The van der Waals surface area contributed by atoms with E-state index in [-0.39, 0.29) is 18.7 Å². The Morgan fingerprint density at radius 2 is 2.04 bits per heavy atom. The molecule has 2 saturated carbocycles. The summed E-state index contributed by atoms with van der Waals surface area (Å²) >= 11 is 0. The molecule has 1 N–H and O–H groups in total. The maximum Gasteiger partial charge on any atom is 0.391 e. The zero-order valence-electron chi connectivity index (χ0n) is 14.4. The first-order valence-corrected chi connectivity index (χ1v) is 8.97. The third-order valence-electron chi connectivity index (χ3n) is 5.35. The molecule has 0 saturated heterocycles. The van der Waals surface area contributed by atoms with Crippen LogP contribution >= 0.6 is 0 Å². The third kappa shape index (κ3) is 3.29. The van der Waals surface area contributed by atoms with E-state index in [1.165, 1.54) is 0 Å². The molecular weight excluding hydrogens is 347 g/mol. The molecule has 5 nitrogen and oxygen atoms in total. The summed E-state index contributed by atoms with van der Waals surface area (Å²) in [6.45, 7) is 1.72. The Balaban J connectivity index is 1.59. The van der Waals surface area contributed by atoms with Crippen molar-refractivity contribution in [3.8, 4) is 0 Å². The Labute approximate surface area is 148 Å². The summed E-state index contributed by atoms with van der Waals surface area (Å²) in [5.41, 5.74) is 2.05. The number of nitrogens with one attached hydrogen (secondary N) is 1. The molecular formula is C18H20F3N3O2. The van der Waals surface area contributed by atoms with Crippen LogP contribution in [0.4, 0.5) is 13.2 Å². The van der Waals surface area contributed by atoms with Crippen LogP contribution in [0.3, 0.4) is 0 Å². The van der Waals surface area contributed by atoms with Crippen molar-refractivity contribution in [3.05, 3.63) is 23.0 Å². The highest BCUT2D eigenvalue weighted by molar-refractivity contribution is 6.06. The molecule has 2 unspecified atom stereocenters. The second-order valence-electron chi connectivity index (χ2n) is 7.39. The van der Waals surface area contributed by atoms with Gasteiger partial charge in [-0.1, -0.05) is 11.6 Å². The van der Waals surface area contributed by atoms with E-state index in [9.17, 15) is 18.0 Å². The second-order valence-corrected chi connectivity index (χ2v) is 7.39. The van der Waals surface area contributed by atoms with Gasteiger partial charge in [0, 0.05) is 17.7 Å². The number of alkyl halides is 3. The third-order valence-corrected chi connectivity index (χ3v) is 5.35. The number of carbonyl (C=O) groups excluding carboxylic acids is 1. The lowest BCUT2D eigenvalue weighted by Crippen LogP contribution is -2.41. The fraction of sp³-hybridized carbons (Fsp3) is 0.611. The first kappa shape index (κ1) is 17.3. The van der Waals surface area contributed by atoms with E-state index < -0.39 is 18.1 Å². The number of rotatable bonds is 3. The van der Waals surface area contributed by atoms with E-state index in [1.54, 1.807) is 13.0 Å². The molecule has 2 aromatic rings. The summed E-state index contributed by atoms with van der Waals surface area (Å²) in [7, 11) is 0. The van der Waals surface area contributed by atoms with E-state index in [4.69, 9.17) is 4.52 Å². The molecule has 26 heavy (non-hydrogen) atoms. The molecule has 0 radical (unpaired) electrons. The quantitative estimate of drug-likeness (QED) is 0.880. The zero-order chi connectivity index (χ0) is 18.5. The number of nitrogens with zero attached hydrogens (tertiary/aromatic N) is 2. The molecule has 4 rings (SSSR count). The number of aryl methyl sites for hydroxylation is 1. The smallest absolute Gasteiger partial charge is 0.349 e. The van der Waals surface area contributed by atoms with Gasteiger partial charge in [0.2, 0.25) is 0 Å². The molecule has 0 spiro atoms. The fourth-order valence-corrected chi connectivity index (χ4v) is 3.76. The molecule has 8 heteroatoms. The van der Waals surface area contributed by atoms with Crippen molar-refractivity contribution in [2.24, 2.45) is 5.92 Å².